The molecule has 0 aliphatic carbocycles. The van der Waals surface area contributed by atoms with Gasteiger partial charge in [0.25, 0.3) is 0 Å². The molecule has 1 heterocycles. The zero-order chi connectivity index (χ0) is 19.1. The standard InChI is InChI=1S/C17H28F3N3O2/c1-4-5-8-13(22-14(24)12-23-9-6-7-10-23)11-21-15(25)16(2,3)17(18,19)20/h6-7,13H,4-5,8-12H2,1-3H3,(H,21,25)(H,22,24). The van der Waals surface area contributed by atoms with E-state index in [0.29, 0.717) is 19.5 Å². The van der Waals surface area contributed by atoms with Crippen LogP contribution in [0, 0.1) is 5.41 Å². The quantitative estimate of drug-likeness (QED) is 0.618. The molecule has 0 saturated heterocycles. The Labute approximate surface area is 147 Å². The topological polar surface area (TPSA) is 61.4 Å². The third-order valence-corrected chi connectivity index (χ3v) is 4.32. The molecular formula is C17H28F3N3O2. The van der Waals surface area contributed by atoms with Crippen molar-refractivity contribution < 1.29 is 22.8 Å². The molecule has 0 bridgehead atoms. The molecule has 1 atom stereocenters. The van der Waals surface area contributed by atoms with Gasteiger partial charge in [-0.1, -0.05) is 31.9 Å². The predicted octanol–water partition coefficient (Wildman–Crippen LogP) is 2.24. The minimum atomic E-state index is -4.62. The van der Waals surface area contributed by atoms with E-state index in [1.165, 1.54) is 0 Å². The maximum Gasteiger partial charge on any atom is 0.402 e. The lowest BCUT2D eigenvalue weighted by molar-refractivity contribution is -0.211. The van der Waals surface area contributed by atoms with Crippen LogP contribution in [-0.4, -0.2) is 55.1 Å². The van der Waals surface area contributed by atoms with Gasteiger partial charge in [0.2, 0.25) is 11.8 Å². The van der Waals surface area contributed by atoms with Crippen LogP contribution in [0.2, 0.25) is 0 Å². The van der Waals surface area contributed by atoms with Gasteiger partial charge < -0.3 is 10.6 Å². The van der Waals surface area contributed by atoms with Gasteiger partial charge in [-0.05, 0) is 20.3 Å². The number of alkyl halides is 3. The number of hydrogen-bond donors (Lipinski definition) is 2. The summed E-state index contributed by atoms with van der Waals surface area (Å²) in [6.07, 6.45) is 1.64. The van der Waals surface area contributed by atoms with Crippen molar-refractivity contribution >= 4 is 11.8 Å². The van der Waals surface area contributed by atoms with Crippen LogP contribution in [0.25, 0.3) is 0 Å². The van der Waals surface area contributed by atoms with Crippen molar-refractivity contribution in [3.05, 3.63) is 12.2 Å². The second-order valence-corrected chi connectivity index (χ2v) is 6.90. The zero-order valence-corrected chi connectivity index (χ0v) is 15.1. The largest absolute Gasteiger partial charge is 0.402 e. The summed E-state index contributed by atoms with van der Waals surface area (Å²) in [5.41, 5.74) is -2.46. The number of nitrogens with one attached hydrogen (secondary N) is 2. The zero-order valence-electron chi connectivity index (χ0n) is 15.1. The van der Waals surface area contributed by atoms with Gasteiger partial charge in [-0.25, -0.2) is 0 Å². The molecule has 1 unspecified atom stereocenters. The van der Waals surface area contributed by atoms with Crippen LogP contribution in [0.3, 0.4) is 0 Å². The molecule has 0 aromatic rings. The monoisotopic (exact) mass is 363 g/mol. The van der Waals surface area contributed by atoms with Crippen LogP contribution in [0.1, 0.15) is 40.0 Å². The minimum Gasteiger partial charge on any atom is -0.353 e. The van der Waals surface area contributed by atoms with Crippen molar-refractivity contribution in [2.45, 2.75) is 52.3 Å². The molecule has 2 N–H and O–H groups in total. The second kappa shape index (κ2) is 9.22. The summed E-state index contributed by atoms with van der Waals surface area (Å²) in [4.78, 5) is 25.9. The lowest BCUT2D eigenvalue weighted by Crippen LogP contribution is -2.51. The third kappa shape index (κ3) is 6.68. The highest BCUT2D eigenvalue weighted by molar-refractivity contribution is 5.83. The number of unbranched alkanes of at least 4 members (excludes halogenated alkanes) is 1. The van der Waals surface area contributed by atoms with E-state index >= 15 is 0 Å². The average molecular weight is 363 g/mol. The van der Waals surface area contributed by atoms with E-state index in [2.05, 4.69) is 10.6 Å². The molecule has 1 aliphatic heterocycles. The molecule has 2 amide bonds. The normalized spacial score (nSPS) is 16.7. The highest BCUT2D eigenvalue weighted by Gasteiger charge is 2.52. The molecule has 0 aromatic carbocycles. The van der Waals surface area contributed by atoms with E-state index in [4.69, 9.17) is 0 Å². The lowest BCUT2D eigenvalue weighted by atomic mass is 9.91. The Morgan fingerprint density at radius 1 is 1.20 bits per heavy atom. The smallest absolute Gasteiger partial charge is 0.353 e. The van der Waals surface area contributed by atoms with Gasteiger partial charge in [0, 0.05) is 25.7 Å². The maximum absolute atomic E-state index is 12.9. The van der Waals surface area contributed by atoms with E-state index in [1.807, 2.05) is 24.0 Å². The SMILES string of the molecule is CCCCC(CNC(=O)C(C)(C)C(F)(F)F)NC(=O)CN1CC=CC1. The van der Waals surface area contributed by atoms with Crippen LogP contribution in [0.15, 0.2) is 12.2 Å². The molecule has 0 fully saturated rings. The van der Waals surface area contributed by atoms with Crippen LogP contribution in [0.4, 0.5) is 13.2 Å². The molecule has 25 heavy (non-hydrogen) atoms. The maximum atomic E-state index is 12.9. The van der Waals surface area contributed by atoms with Crippen molar-refractivity contribution in [3.8, 4) is 0 Å². The summed E-state index contributed by atoms with van der Waals surface area (Å²) < 4.78 is 38.7. The predicted molar refractivity (Wildman–Crippen MR) is 89.9 cm³/mol. The Balaban J connectivity index is 2.54. The third-order valence-electron chi connectivity index (χ3n) is 4.32. The van der Waals surface area contributed by atoms with Crippen LogP contribution >= 0.6 is 0 Å². The molecule has 0 spiro atoms. The van der Waals surface area contributed by atoms with E-state index in [1.54, 1.807) is 0 Å². The van der Waals surface area contributed by atoms with E-state index < -0.39 is 17.5 Å². The van der Waals surface area contributed by atoms with E-state index in [-0.39, 0.29) is 25.0 Å². The average Bonchev–Trinajstić information content (AvgIpc) is 3.01. The lowest BCUT2D eigenvalue weighted by Gasteiger charge is -2.28. The van der Waals surface area contributed by atoms with Crippen LogP contribution in [-0.2, 0) is 9.59 Å². The molecular weight excluding hydrogens is 335 g/mol. The van der Waals surface area contributed by atoms with E-state index in [0.717, 1.165) is 26.7 Å². The van der Waals surface area contributed by atoms with Crippen molar-refractivity contribution in [3.63, 3.8) is 0 Å². The first-order chi connectivity index (χ1) is 11.6. The summed E-state index contributed by atoms with van der Waals surface area (Å²) in [6.45, 7) is 5.33. The number of carbonyl (C=O) groups excluding carboxylic acids is 2. The van der Waals surface area contributed by atoms with Gasteiger partial charge in [0.05, 0.1) is 6.54 Å². The van der Waals surface area contributed by atoms with Gasteiger partial charge in [-0.15, -0.1) is 0 Å². The molecule has 144 valence electrons. The fourth-order valence-corrected chi connectivity index (χ4v) is 2.37. The summed E-state index contributed by atoms with van der Waals surface area (Å²) in [5.74, 6) is -1.27. The molecule has 5 nitrogen and oxygen atoms in total. The second-order valence-electron chi connectivity index (χ2n) is 6.90. The summed E-state index contributed by atoms with van der Waals surface area (Å²) in [6, 6.07) is -0.379. The first-order valence-electron chi connectivity index (χ1n) is 8.59. The number of hydrogen-bond acceptors (Lipinski definition) is 3. The van der Waals surface area contributed by atoms with Crippen molar-refractivity contribution in [1.29, 1.82) is 0 Å². The van der Waals surface area contributed by atoms with Gasteiger partial charge in [0.15, 0.2) is 0 Å². The number of nitrogens with zero attached hydrogens (tertiary/aromatic N) is 1. The summed E-state index contributed by atoms with van der Waals surface area (Å²) in [5, 5.41) is 5.16. The Hall–Kier alpha value is -1.57. The molecule has 0 aromatic heterocycles. The highest BCUT2D eigenvalue weighted by atomic mass is 19.4. The van der Waals surface area contributed by atoms with Crippen molar-refractivity contribution in [1.82, 2.24) is 15.5 Å². The molecule has 0 radical (unpaired) electrons. The molecule has 1 rings (SSSR count). The highest BCUT2D eigenvalue weighted by Crippen LogP contribution is 2.37. The Morgan fingerprint density at radius 3 is 2.32 bits per heavy atom. The van der Waals surface area contributed by atoms with Gasteiger partial charge in [-0.2, -0.15) is 13.2 Å². The Morgan fingerprint density at radius 2 is 1.80 bits per heavy atom. The summed E-state index contributed by atoms with van der Waals surface area (Å²) >= 11 is 0. The number of rotatable bonds is 9. The number of carbonyl (C=O) groups is 2. The molecule has 8 heteroatoms. The fourth-order valence-electron chi connectivity index (χ4n) is 2.37. The molecule has 0 saturated carbocycles. The van der Waals surface area contributed by atoms with Gasteiger partial charge >= 0.3 is 6.18 Å². The fraction of sp³-hybridized carbons (Fsp3) is 0.765. The van der Waals surface area contributed by atoms with Crippen molar-refractivity contribution in [2.75, 3.05) is 26.2 Å². The van der Waals surface area contributed by atoms with Gasteiger partial charge in [-0.3, -0.25) is 14.5 Å². The Bertz CT molecular complexity index is 482. The first-order valence-corrected chi connectivity index (χ1v) is 8.59. The molecule has 1 aliphatic rings. The van der Waals surface area contributed by atoms with Crippen LogP contribution < -0.4 is 10.6 Å². The van der Waals surface area contributed by atoms with Crippen LogP contribution in [0.5, 0.6) is 0 Å². The van der Waals surface area contributed by atoms with E-state index in [9.17, 15) is 22.8 Å². The van der Waals surface area contributed by atoms with Gasteiger partial charge in [0.1, 0.15) is 5.41 Å². The summed E-state index contributed by atoms with van der Waals surface area (Å²) in [7, 11) is 0. The number of halogens is 3. The minimum absolute atomic E-state index is 0.0116. The first kappa shape index (κ1) is 21.5. The van der Waals surface area contributed by atoms with Crippen molar-refractivity contribution in [2.24, 2.45) is 5.41 Å². The number of amides is 2. The Kier molecular flexibility index (Phi) is 7.92.